The van der Waals surface area contributed by atoms with Gasteiger partial charge in [-0.3, -0.25) is 4.90 Å². The topological polar surface area (TPSA) is 77.9 Å². The lowest BCUT2D eigenvalue weighted by atomic mass is 10.0. The largest absolute Gasteiger partial charge is 0.478 e. The second-order valence-electron chi connectivity index (χ2n) is 5.87. The smallest absolute Gasteiger partial charge is 0.337 e. The van der Waals surface area contributed by atoms with Gasteiger partial charge in [-0.25, -0.2) is 13.2 Å². The molecule has 21 heavy (non-hydrogen) atoms. The summed E-state index contributed by atoms with van der Waals surface area (Å²) in [6.07, 6.45) is 0. The third kappa shape index (κ3) is 2.95. The van der Waals surface area contributed by atoms with Gasteiger partial charge in [0.1, 0.15) is 0 Å². The first-order chi connectivity index (χ1) is 9.66. The lowest BCUT2D eigenvalue weighted by Crippen LogP contribution is -2.58. The van der Waals surface area contributed by atoms with Crippen molar-refractivity contribution in [1.82, 2.24) is 9.21 Å². The van der Waals surface area contributed by atoms with Gasteiger partial charge in [-0.15, -0.1) is 0 Å². The summed E-state index contributed by atoms with van der Waals surface area (Å²) in [5.74, 6) is -1.23. The summed E-state index contributed by atoms with van der Waals surface area (Å²) >= 11 is 0. The minimum atomic E-state index is -3.81. The summed E-state index contributed by atoms with van der Waals surface area (Å²) in [5, 5.41) is 9.18. The van der Waals surface area contributed by atoms with Gasteiger partial charge in [0.05, 0.1) is 10.5 Å². The highest BCUT2D eigenvalue weighted by molar-refractivity contribution is 7.89. The summed E-state index contributed by atoms with van der Waals surface area (Å²) in [5.41, 5.74) is -0.474. The zero-order valence-electron chi connectivity index (χ0n) is 12.4. The number of hydrogen-bond donors (Lipinski definition) is 1. The van der Waals surface area contributed by atoms with Crippen molar-refractivity contribution in [2.75, 3.05) is 26.7 Å². The van der Waals surface area contributed by atoms with Gasteiger partial charge in [-0.2, -0.15) is 4.31 Å². The first kappa shape index (κ1) is 15.9. The van der Waals surface area contributed by atoms with E-state index in [0.29, 0.717) is 19.6 Å². The number of nitrogens with zero attached hydrogens (tertiary/aromatic N) is 2. The van der Waals surface area contributed by atoms with Crippen molar-refractivity contribution in [2.24, 2.45) is 0 Å². The van der Waals surface area contributed by atoms with E-state index in [9.17, 15) is 18.3 Å². The molecule has 7 heteroatoms. The average Bonchev–Trinajstić information content (AvgIpc) is 2.41. The number of benzene rings is 1. The predicted molar refractivity (Wildman–Crippen MR) is 78.9 cm³/mol. The van der Waals surface area contributed by atoms with E-state index in [4.69, 9.17) is 0 Å². The van der Waals surface area contributed by atoms with Crippen molar-refractivity contribution in [3.63, 3.8) is 0 Å². The van der Waals surface area contributed by atoms with E-state index >= 15 is 0 Å². The molecule has 1 heterocycles. The van der Waals surface area contributed by atoms with Crippen LogP contribution in [0.2, 0.25) is 0 Å². The van der Waals surface area contributed by atoms with Crippen LogP contribution in [0.4, 0.5) is 0 Å². The number of aromatic carboxylic acids is 1. The fraction of sp³-hybridized carbons (Fsp3) is 0.500. The van der Waals surface area contributed by atoms with Gasteiger partial charge in [-0.05, 0) is 33.0 Å². The quantitative estimate of drug-likeness (QED) is 0.904. The Kier molecular flexibility index (Phi) is 4.10. The molecule has 1 fully saturated rings. The van der Waals surface area contributed by atoms with E-state index in [-0.39, 0.29) is 16.0 Å². The van der Waals surface area contributed by atoms with Gasteiger partial charge in [0.15, 0.2) is 0 Å². The van der Waals surface area contributed by atoms with Gasteiger partial charge in [0.2, 0.25) is 10.0 Å². The minimum absolute atomic E-state index is 0.141. The van der Waals surface area contributed by atoms with E-state index in [2.05, 4.69) is 4.90 Å². The molecule has 0 aliphatic carbocycles. The Morgan fingerprint density at radius 1 is 1.24 bits per heavy atom. The highest BCUT2D eigenvalue weighted by Crippen LogP contribution is 2.26. The van der Waals surface area contributed by atoms with E-state index < -0.39 is 16.0 Å². The fourth-order valence-electron chi connectivity index (χ4n) is 2.41. The number of likely N-dealkylation sites (N-methyl/N-ethyl adjacent to an activating group) is 1. The van der Waals surface area contributed by atoms with Crippen LogP contribution in [-0.2, 0) is 10.0 Å². The monoisotopic (exact) mass is 312 g/mol. The molecule has 0 radical (unpaired) electrons. The Balaban J connectivity index is 2.42. The first-order valence-corrected chi connectivity index (χ1v) is 8.14. The molecule has 2 rings (SSSR count). The maximum absolute atomic E-state index is 12.8. The summed E-state index contributed by atoms with van der Waals surface area (Å²) in [6, 6.07) is 5.73. The van der Waals surface area contributed by atoms with Crippen LogP contribution < -0.4 is 0 Å². The number of sulfonamides is 1. The Hall–Kier alpha value is -1.44. The highest BCUT2D eigenvalue weighted by atomic mass is 32.2. The van der Waals surface area contributed by atoms with Crippen LogP contribution >= 0.6 is 0 Å². The van der Waals surface area contributed by atoms with Crippen LogP contribution in [0.3, 0.4) is 0 Å². The molecular weight excluding hydrogens is 292 g/mol. The first-order valence-electron chi connectivity index (χ1n) is 6.70. The zero-order chi connectivity index (χ0) is 15.8. The minimum Gasteiger partial charge on any atom is -0.478 e. The molecule has 1 aliphatic heterocycles. The van der Waals surface area contributed by atoms with Crippen molar-refractivity contribution in [2.45, 2.75) is 24.3 Å². The number of rotatable bonds is 3. The maximum Gasteiger partial charge on any atom is 0.337 e. The van der Waals surface area contributed by atoms with Crippen molar-refractivity contribution in [3.05, 3.63) is 29.8 Å². The Morgan fingerprint density at radius 3 is 2.43 bits per heavy atom. The zero-order valence-corrected chi connectivity index (χ0v) is 13.2. The summed E-state index contributed by atoms with van der Waals surface area (Å²) < 4.78 is 26.9. The lowest BCUT2D eigenvalue weighted by molar-refractivity contribution is 0.0691. The molecule has 1 saturated heterocycles. The molecule has 0 spiro atoms. The molecule has 0 unspecified atom stereocenters. The number of hydrogen-bond acceptors (Lipinski definition) is 4. The average molecular weight is 312 g/mol. The van der Waals surface area contributed by atoms with Gasteiger partial charge >= 0.3 is 5.97 Å². The lowest BCUT2D eigenvalue weighted by Gasteiger charge is -2.44. The van der Waals surface area contributed by atoms with Crippen LogP contribution in [0.1, 0.15) is 24.2 Å². The fourth-order valence-corrected chi connectivity index (χ4v) is 4.18. The van der Waals surface area contributed by atoms with E-state index in [0.717, 1.165) is 0 Å². The molecule has 1 N–H and O–H groups in total. The molecule has 0 saturated carbocycles. The summed E-state index contributed by atoms with van der Waals surface area (Å²) in [7, 11) is -1.85. The Morgan fingerprint density at radius 2 is 1.86 bits per heavy atom. The SMILES string of the molecule is CN1CCN(S(=O)(=O)c2ccccc2C(=O)O)CC1(C)C. The molecule has 0 bridgehead atoms. The number of carboxylic acids is 1. The number of carbonyl (C=O) groups is 1. The summed E-state index contributed by atoms with van der Waals surface area (Å²) in [6.45, 7) is 5.24. The van der Waals surface area contributed by atoms with Gasteiger partial charge in [0.25, 0.3) is 0 Å². The number of carboxylic acid groups (broad SMARTS) is 1. The van der Waals surface area contributed by atoms with E-state index in [1.807, 2.05) is 20.9 Å². The molecule has 6 nitrogen and oxygen atoms in total. The normalized spacial score (nSPS) is 20.3. The van der Waals surface area contributed by atoms with Crippen molar-refractivity contribution in [1.29, 1.82) is 0 Å². The molecule has 1 aliphatic rings. The van der Waals surface area contributed by atoms with Crippen molar-refractivity contribution in [3.8, 4) is 0 Å². The van der Waals surface area contributed by atoms with Crippen LogP contribution in [0.25, 0.3) is 0 Å². The van der Waals surface area contributed by atoms with Crippen molar-refractivity contribution >= 4 is 16.0 Å². The maximum atomic E-state index is 12.8. The second-order valence-corrected chi connectivity index (χ2v) is 7.78. The second kappa shape index (κ2) is 5.40. The summed E-state index contributed by atoms with van der Waals surface area (Å²) in [4.78, 5) is 13.2. The molecular formula is C14H20N2O4S. The highest BCUT2D eigenvalue weighted by Gasteiger charge is 2.38. The van der Waals surface area contributed by atoms with Crippen LogP contribution in [0, 0.1) is 0 Å². The Labute approximate surface area is 125 Å². The van der Waals surface area contributed by atoms with Gasteiger partial charge in [-0.1, -0.05) is 12.1 Å². The van der Waals surface area contributed by atoms with Crippen molar-refractivity contribution < 1.29 is 18.3 Å². The Bertz CT molecular complexity index is 655. The third-order valence-electron chi connectivity index (χ3n) is 4.02. The number of piperazine rings is 1. The van der Waals surface area contributed by atoms with Crippen LogP contribution in [0.5, 0.6) is 0 Å². The third-order valence-corrected chi connectivity index (χ3v) is 5.92. The van der Waals surface area contributed by atoms with Crippen LogP contribution in [0.15, 0.2) is 29.2 Å². The van der Waals surface area contributed by atoms with E-state index in [1.54, 1.807) is 6.07 Å². The van der Waals surface area contributed by atoms with E-state index in [1.165, 1.54) is 22.5 Å². The van der Waals surface area contributed by atoms with Gasteiger partial charge in [0, 0.05) is 25.2 Å². The molecule has 116 valence electrons. The molecule has 0 aromatic heterocycles. The molecule has 0 atom stereocenters. The van der Waals surface area contributed by atoms with Gasteiger partial charge < -0.3 is 5.11 Å². The standard InChI is InChI=1S/C14H20N2O4S/c1-14(2)10-16(9-8-15(14)3)21(19,20)12-7-5-4-6-11(12)13(17)18/h4-7H,8-10H2,1-3H3,(H,17,18). The molecule has 0 amide bonds. The molecule has 1 aromatic carbocycles. The predicted octanol–water partition coefficient (Wildman–Crippen LogP) is 1.10. The van der Waals surface area contributed by atoms with Crippen LogP contribution in [-0.4, -0.2) is 60.9 Å². The molecule has 1 aromatic rings.